The van der Waals surface area contributed by atoms with E-state index in [2.05, 4.69) is 58.8 Å². The van der Waals surface area contributed by atoms with E-state index in [1.54, 1.807) is 0 Å². The maximum Gasteiger partial charge on any atom is 0.0738 e. The summed E-state index contributed by atoms with van der Waals surface area (Å²) in [5, 5.41) is 8.21. The SMILES string of the molecule is Cc1nn(C)c(CC2CCCCCC2CNC(C)C)c1Br. The number of aromatic nitrogens is 2. The molecule has 120 valence electrons. The first-order valence-electron chi connectivity index (χ1n) is 8.40. The van der Waals surface area contributed by atoms with Gasteiger partial charge in [-0.15, -0.1) is 0 Å². The third-order valence-electron chi connectivity index (χ3n) is 4.82. The zero-order valence-corrected chi connectivity index (χ0v) is 15.5. The predicted octanol–water partition coefficient (Wildman–Crippen LogP) is 4.23. The molecule has 1 aliphatic rings. The maximum atomic E-state index is 4.55. The summed E-state index contributed by atoms with van der Waals surface area (Å²) in [5.74, 6) is 1.59. The van der Waals surface area contributed by atoms with Crippen molar-refractivity contribution in [2.45, 2.75) is 65.3 Å². The van der Waals surface area contributed by atoms with E-state index in [4.69, 9.17) is 0 Å². The fraction of sp³-hybridized carbons (Fsp3) is 0.824. The van der Waals surface area contributed by atoms with E-state index in [-0.39, 0.29) is 0 Å². The Labute approximate surface area is 138 Å². The van der Waals surface area contributed by atoms with Gasteiger partial charge < -0.3 is 5.32 Å². The lowest BCUT2D eigenvalue weighted by atomic mass is 9.84. The quantitative estimate of drug-likeness (QED) is 0.801. The fourth-order valence-electron chi connectivity index (χ4n) is 3.54. The van der Waals surface area contributed by atoms with Gasteiger partial charge in [0.05, 0.1) is 15.9 Å². The molecule has 0 saturated heterocycles. The molecule has 1 heterocycles. The summed E-state index contributed by atoms with van der Waals surface area (Å²) in [4.78, 5) is 0. The molecule has 0 aromatic carbocycles. The number of rotatable bonds is 5. The molecule has 0 radical (unpaired) electrons. The van der Waals surface area contributed by atoms with Crippen molar-refractivity contribution in [3.63, 3.8) is 0 Å². The number of halogens is 1. The Morgan fingerprint density at radius 1 is 1.24 bits per heavy atom. The topological polar surface area (TPSA) is 29.9 Å². The second kappa shape index (κ2) is 7.77. The van der Waals surface area contributed by atoms with Crippen molar-refractivity contribution in [2.24, 2.45) is 18.9 Å². The van der Waals surface area contributed by atoms with Gasteiger partial charge in [0.25, 0.3) is 0 Å². The Hall–Kier alpha value is -0.350. The largest absolute Gasteiger partial charge is 0.314 e. The Morgan fingerprint density at radius 2 is 1.90 bits per heavy atom. The van der Waals surface area contributed by atoms with Gasteiger partial charge in [-0.3, -0.25) is 4.68 Å². The first-order valence-corrected chi connectivity index (χ1v) is 9.19. The standard InChI is InChI=1S/C17H30BrN3/c1-12(2)19-11-15-9-7-5-6-8-14(15)10-16-17(18)13(3)20-21(16)4/h12,14-15,19H,5-11H2,1-4H3. The van der Waals surface area contributed by atoms with Crippen LogP contribution in [0.1, 0.15) is 57.3 Å². The zero-order chi connectivity index (χ0) is 15.4. The number of nitrogens with one attached hydrogen (secondary N) is 1. The Balaban J connectivity index is 2.09. The molecule has 2 rings (SSSR count). The summed E-state index contributed by atoms with van der Waals surface area (Å²) in [6.07, 6.45) is 8.08. The van der Waals surface area contributed by atoms with Crippen LogP contribution in [-0.4, -0.2) is 22.4 Å². The predicted molar refractivity (Wildman–Crippen MR) is 92.6 cm³/mol. The van der Waals surface area contributed by atoms with E-state index in [9.17, 15) is 0 Å². The molecule has 4 heteroatoms. The Kier molecular flexibility index (Phi) is 6.30. The Morgan fingerprint density at radius 3 is 2.48 bits per heavy atom. The Bertz CT molecular complexity index is 453. The first kappa shape index (κ1) is 17.0. The highest BCUT2D eigenvalue weighted by molar-refractivity contribution is 9.10. The summed E-state index contributed by atoms with van der Waals surface area (Å²) in [5.41, 5.74) is 2.48. The number of nitrogens with zero attached hydrogens (tertiary/aromatic N) is 2. The number of aryl methyl sites for hydroxylation is 2. The minimum absolute atomic E-state index is 0.583. The minimum Gasteiger partial charge on any atom is -0.314 e. The highest BCUT2D eigenvalue weighted by Gasteiger charge is 2.26. The van der Waals surface area contributed by atoms with Crippen molar-refractivity contribution < 1.29 is 0 Å². The summed E-state index contributed by atoms with van der Waals surface area (Å²) >= 11 is 3.73. The van der Waals surface area contributed by atoms with E-state index in [0.717, 1.165) is 30.5 Å². The van der Waals surface area contributed by atoms with Gasteiger partial charge in [0.2, 0.25) is 0 Å². The highest BCUT2D eigenvalue weighted by Crippen LogP contribution is 2.33. The summed E-state index contributed by atoms with van der Waals surface area (Å²) in [7, 11) is 2.07. The molecule has 3 nitrogen and oxygen atoms in total. The lowest BCUT2D eigenvalue weighted by Gasteiger charge is -2.26. The van der Waals surface area contributed by atoms with E-state index in [1.807, 2.05) is 0 Å². The van der Waals surface area contributed by atoms with E-state index >= 15 is 0 Å². The zero-order valence-electron chi connectivity index (χ0n) is 14.0. The van der Waals surface area contributed by atoms with Gasteiger partial charge in [0, 0.05) is 13.1 Å². The molecule has 0 amide bonds. The van der Waals surface area contributed by atoms with Crippen molar-refractivity contribution in [1.82, 2.24) is 15.1 Å². The lowest BCUT2D eigenvalue weighted by molar-refractivity contribution is 0.286. The van der Waals surface area contributed by atoms with Crippen LogP contribution in [0.15, 0.2) is 4.47 Å². The molecule has 21 heavy (non-hydrogen) atoms. The van der Waals surface area contributed by atoms with Crippen LogP contribution in [0.2, 0.25) is 0 Å². The van der Waals surface area contributed by atoms with Crippen LogP contribution in [0, 0.1) is 18.8 Å². The number of hydrogen-bond acceptors (Lipinski definition) is 2. The molecular formula is C17H30BrN3. The molecule has 1 aromatic heterocycles. The van der Waals surface area contributed by atoms with Crippen LogP contribution >= 0.6 is 15.9 Å². The second-order valence-corrected chi connectivity index (χ2v) is 7.69. The van der Waals surface area contributed by atoms with Crippen molar-refractivity contribution in [1.29, 1.82) is 0 Å². The van der Waals surface area contributed by atoms with Crippen molar-refractivity contribution in [3.05, 3.63) is 15.9 Å². The van der Waals surface area contributed by atoms with Gasteiger partial charge >= 0.3 is 0 Å². The van der Waals surface area contributed by atoms with E-state index < -0.39 is 0 Å². The molecule has 1 saturated carbocycles. The molecule has 2 atom stereocenters. The van der Waals surface area contributed by atoms with Crippen LogP contribution < -0.4 is 5.32 Å². The van der Waals surface area contributed by atoms with E-state index in [0.29, 0.717) is 6.04 Å². The molecule has 1 fully saturated rings. The molecule has 0 aliphatic heterocycles. The van der Waals surface area contributed by atoms with Crippen LogP contribution in [-0.2, 0) is 13.5 Å². The van der Waals surface area contributed by atoms with Crippen molar-refractivity contribution in [3.8, 4) is 0 Å². The van der Waals surface area contributed by atoms with Gasteiger partial charge in [-0.05, 0) is 60.5 Å². The fourth-order valence-corrected chi connectivity index (χ4v) is 4.03. The normalized spacial score (nSPS) is 23.5. The number of hydrogen-bond donors (Lipinski definition) is 1. The van der Waals surface area contributed by atoms with E-state index in [1.165, 1.54) is 42.3 Å². The first-order chi connectivity index (χ1) is 9.99. The second-order valence-electron chi connectivity index (χ2n) is 6.89. The lowest BCUT2D eigenvalue weighted by Crippen LogP contribution is -2.33. The molecule has 2 unspecified atom stereocenters. The van der Waals surface area contributed by atoms with Gasteiger partial charge in [-0.2, -0.15) is 5.10 Å². The molecule has 1 aromatic rings. The third kappa shape index (κ3) is 4.56. The average molecular weight is 356 g/mol. The molecular weight excluding hydrogens is 326 g/mol. The average Bonchev–Trinajstić information content (AvgIpc) is 2.60. The maximum absolute atomic E-state index is 4.55. The molecule has 1 N–H and O–H groups in total. The van der Waals surface area contributed by atoms with Crippen LogP contribution in [0.3, 0.4) is 0 Å². The van der Waals surface area contributed by atoms with Gasteiger partial charge in [0.15, 0.2) is 0 Å². The summed E-state index contributed by atoms with van der Waals surface area (Å²) in [6.45, 7) is 7.73. The van der Waals surface area contributed by atoms with Crippen LogP contribution in [0.4, 0.5) is 0 Å². The molecule has 0 spiro atoms. The minimum atomic E-state index is 0.583. The third-order valence-corrected chi connectivity index (χ3v) is 5.85. The molecule has 1 aliphatic carbocycles. The monoisotopic (exact) mass is 355 g/mol. The van der Waals surface area contributed by atoms with Gasteiger partial charge in [0.1, 0.15) is 0 Å². The van der Waals surface area contributed by atoms with Crippen LogP contribution in [0.25, 0.3) is 0 Å². The molecule has 0 bridgehead atoms. The summed E-state index contributed by atoms with van der Waals surface area (Å²) in [6, 6.07) is 0.583. The highest BCUT2D eigenvalue weighted by atomic mass is 79.9. The summed E-state index contributed by atoms with van der Waals surface area (Å²) < 4.78 is 3.28. The van der Waals surface area contributed by atoms with Crippen LogP contribution in [0.5, 0.6) is 0 Å². The van der Waals surface area contributed by atoms with Crippen molar-refractivity contribution in [2.75, 3.05) is 6.54 Å². The smallest absolute Gasteiger partial charge is 0.0738 e. The van der Waals surface area contributed by atoms with Gasteiger partial charge in [-0.25, -0.2) is 0 Å². The van der Waals surface area contributed by atoms with Crippen molar-refractivity contribution >= 4 is 15.9 Å². The van der Waals surface area contributed by atoms with Gasteiger partial charge in [-0.1, -0.05) is 33.1 Å².